The molecule has 2 aromatic rings. The van der Waals surface area contributed by atoms with Crippen LogP contribution in [0.2, 0.25) is 0 Å². The molecule has 0 N–H and O–H groups in total. The Balaban J connectivity index is 1.38. The Labute approximate surface area is 172 Å². The molecule has 1 saturated heterocycles. The Kier molecular flexibility index (Phi) is 4.08. The highest BCUT2D eigenvalue weighted by Gasteiger charge is 2.56. The van der Waals surface area contributed by atoms with Crippen LogP contribution in [0.25, 0.3) is 0 Å². The highest BCUT2D eigenvalue weighted by atomic mass is 32.2. The van der Waals surface area contributed by atoms with Crippen LogP contribution in [0.1, 0.15) is 49.3 Å². The van der Waals surface area contributed by atoms with Gasteiger partial charge < -0.3 is 4.90 Å². The molecule has 0 unspecified atom stereocenters. The van der Waals surface area contributed by atoms with Gasteiger partial charge in [-0.05, 0) is 74.0 Å². The van der Waals surface area contributed by atoms with Crippen LogP contribution in [0.3, 0.4) is 0 Å². The average Bonchev–Trinajstić information content (AvgIpc) is 3.13. The normalized spacial score (nSPS) is 37.7. The summed E-state index contributed by atoms with van der Waals surface area (Å²) in [6.45, 7) is 1.12. The smallest absolute Gasteiger partial charge is 0.165 e. The lowest BCUT2D eigenvalue weighted by Gasteiger charge is -2.60. The third-order valence-electron chi connectivity index (χ3n) is 7.56. The van der Waals surface area contributed by atoms with Gasteiger partial charge in [0, 0.05) is 12.1 Å². The molecule has 144 valence electrons. The summed E-state index contributed by atoms with van der Waals surface area (Å²) in [4.78, 5) is 7.95. The number of amidine groups is 1. The molecule has 0 aromatic heterocycles. The molecule has 2 aromatic carbocycles. The zero-order valence-electron chi connectivity index (χ0n) is 16.3. The summed E-state index contributed by atoms with van der Waals surface area (Å²) in [5.41, 5.74) is 2.91. The van der Waals surface area contributed by atoms with Gasteiger partial charge in [0.25, 0.3) is 0 Å². The fourth-order valence-electron chi connectivity index (χ4n) is 6.80. The molecular formula is C25H28N2S. The summed E-state index contributed by atoms with van der Waals surface area (Å²) in [7, 11) is 0. The van der Waals surface area contributed by atoms with Gasteiger partial charge in [-0.3, -0.25) is 0 Å². The minimum Gasteiger partial charge on any atom is -0.344 e. The highest BCUT2D eigenvalue weighted by Crippen LogP contribution is 2.60. The van der Waals surface area contributed by atoms with E-state index in [0.29, 0.717) is 10.8 Å². The zero-order chi connectivity index (χ0) is 18.6. The molecule has 2 nitrogen and oxygen atoms in total. The lowest BCUT2D eigenvalue weighted by Crippen LogP contribution is -2.60. The van der Waals surface area contributed by atoms with Gasteiger partial charge in [0.2, 0.25) is 0 Å². The summed E-state index contributed by atoms with van der Waals surface area (Å²) >= 11 is 1.99. The third kappa shape index (κ3) is 2.90. The third-order valence-corrected chi connectivity index (χ3v) is 8.79. The van der Waals surface area contributed by atoms with Gasteiger partial charge in [-0.1, -0.05) is 60.3 Å². The van der Waals surface area contributed by atoms with E-state index >= 15 is 0 Å². The summed E-state index contributed by atoms with van der Waals surface area (Å²) in [6, 6.07) is 21.6. The maximum atomic E-state index is 5.18. The van der Waals surface area contributed by atoms with Crippen LogP contribution in [0.15, 0.2) is 65.7 Å². The van der Waals surface area contributed by atoms with Crippen molar-refractivity contribution < 1.29 is 0 Å². The van der Waals surface area contributed by atoms with Crippen molar-refractivity contribution in [3.05, 3.63) is 66.2 Å². The summed E-state index contributed by atoms with van der Waals surface area (Å²) in [5.74, 6) is 2.89. The Morgan fingerprint density at radius 2 is 1.36 bits per heavy atom. The van der Waals surface area contributed by atoms with E-state index in [-0.39, 0.29) is 0 Å². The highest BCUT2D eigenvalue weighted by molar-refractivity contribution is 8.14. The molecule has 5 fully saturated rings. The first kappa shape index (κ1) is 17.1. The maximum Gasteiger partial charge on any atom is 0.165 e. The molecule has 5 aliphatic rings. The fraction of sp³-hybridized carbons (Fsp3) is 0.480. The van der Waals surface area contributed by atoms with E-state index in [9.17, 15) is 0 Å². The minimum absolute atomic E-state index is 0.374. The van der Waals surface area contributed by atoms with Crippen LogP contribution in [-0.2, 0) is 0 Å². The van der Waals surface area contributed by atoms with Gasteiger partial charge in [-0.25, -0.2) is 4.99 Å². The van der Waals surface area contributed by atoms with Crippen LogP contribution in [0.5, 0.6) is 0 Å². The van der Waals surface area contributed by atoms with Crippen LogP contribution >= 0.6 is 11.8 Å². The lowest BCUT2D eigenvalue weighted by molar-refractivity contribution is -0.0596. The van der Waals surface area contributed by atoms with Crippen molar-refractivity contribution in [3.63, 3.8) is 0 Å². The molecular weight excluding hydrogens is 360 g/mol. The number of rotatable bonds is 3. The number of thioether (sulfide) groups is 1. The number of aliphatic imine (C=N–C) groups is 1. The molecule has 0 radical (unpaired) electrons. The lowest BCUT2D eigenvalue weighted by atomic mass is 9.52. The molecule has 1 aliphatic heterocycles. The van der Waals surface area contributed by atoms with Crippen molar-refractivity contribution in [3.8, 4) is 0 Å². The second-order valence-corrected chi connectivity index (χ2v) is 10.7. The van der Waals surface area contributed by atoms with E-state index in [1.165, 1.54) is 49.3 Å². The quantitative estimate of drug-likeness (QED) is 0.602. The van der Waals surface area contributed by atoms with Gasteiger partial charge in [-0.15, -0.1) is 0 Å². The predicted octanol–water partition coefficient (Wildman–Crippen LogP) is 6.43. The molecule has 0 spiro atoms. The summed E-state index contributed by atoms with van der Waals surface area (Å²) in [5, 5.41) is 1.76. The summed E-state index contributed by atoms with van der Waals surface area (Å²) < 4.78 is 0. The van der Waals surface area contributed by atoms with E-state index in [1.807, 2.05) is 11.8 Å². The van der Waals surface area contributed by atoms with E-state index in [2.05, 4.69) is 65.6 Å². The monoisotopic (exact) mass is 388 g/mol. The van der Waals surface area contributed by atoms with E-state index in [1.54, 1.807) is 0 Å². The van der Waals surface area contributed by atoms with Crippen LogP contribution in [-0.4, -0.2) is 22.2 Å². The van der Waals surface area contributed by atoms with Gasteiger partial charge in [0.1, 0.15) is 0 Å². The molecule has 28 heavy (non-hydrogen) atoms. The second kappa shape index (κ2) is 6.66. The molecule has 4 aliphatic carbocycles. The molecule has 1 heterocycles. The summed E-state index contributed by atoms with van der Waals surface area (Å²) in [6.07, 6.45) is 8.67. The Morgan fingerprint density at radius 1 is 0.786 bits per heavy atom. The average molecular weight is 389 g/mol. The topological polar surface area (TPSA) is 15.6 Å². The molecule has 4 saturated carbocycles. The van der Waals surface area contributed by atoms with E-state index < -0.39 is 0 Å². The Hall–Kier alpha value is -1.74. The minimum atomic E-state index is 0.374. The molecule has 7 rings (SSSR count). The van der Waals surface area contributed by atoms with Crippen molar-refractivity contribution in [2.75, 3.05) is 6.54 Å². The zero-order valence-corrected chi connectivity index (χ0v) is 17.2. The molecule has 3 heteroatoms. The number of hydrogen-bond acceptors (Lipinski definition) is 2. The fourth-order valence-corrected chi connectivity index (χ4v) is 8.13. The van der Waals surface area contributed by atoms with Crippen LogP contribution in [0.4, 0.5) is 5.69 Å². The van der Waals surface area contributed by atoms with Gasteiger partial charge in [0.15, 0.2) is 5.17 Å². The Morgan fingerprint density at radius 3 is 1.96 bits per heavy atom. The standard InChI is InChI=1S/C25H28N2S/c1-3-7-21(8-4-1)23-17-27(24(28-23)26-22-9-5-2-6-10-22)25-14-18-11-19(15-25)13-20(12-18)16-25/h1-10,18-20,23H,11-17H2/t18?,19?,20?,23-,25?/m0/s1. The molecule has 1 atom stereocenters. The van der Waals surface area contributed by atoms with Gasteiger partial charge in [-0.2, -0.15) is 0 Å². The van der Waals surface area contributed by atoms with Crippen molar-refractivity contribution in [2.45, 2.75) is 49.3 Å². The first-order valence-corrected chi connectivity index (χ1v) is 11.8. The first-order chi connectivity index (χ1) is 13.8. The van der Waals surface area contributed by atoms with Crippen molar-refractivity contribution in [1.29, 1.82) is 0 Å². The van der Waals surface area contributed by atoms with Crippen molar-refractivity contribution >= 4 is 22.6 Å². The van der Waals surface area contributed by atoms with E-state index in [4.69, 9.17) is 4.99 Å². The number of benzene rings is 2. The van der Waals surface area contributed by atoms with E-state index in [0.717, 1.165) is 30.0 Å². The van der Waals surface area contributed by atoms with Crippen molar-refractivity contribution in [1.82, 2.24) is 4.90 Å². The molecule has 4 bridgehead atoms. The number of nitrogens with zero attached hydrogens (tertiary/aromatic N) is 2. The van der Waals surface area contributed by atoms with Crippen LogP contribution in [0, 0.1) is 17.8 Å². The number of para-hydroxylation sites is 1. The SMILES string of the molecule is c1ccc(N=C2S[C@H](c3ccccc3)CN2C23CC4CC(CC(C4)C2)C3)cc1. The van der Waals surface area contributed by atoms with Crippen molar-refractivity contribution in [2.24, 2.45) is 22.7 Å². The van der Waals surface area contributed by atoms with Gasteiger partial charge in [0.05, 0.1) is 10.9 Å². The second-order valence-electron chi connectivity index (χ2n) is 9.50. The predicted molar refractivity (Wildman–Crippen MR) is 118 cm³/mol. The van der Waals surface area contributed by atoms with Gasteiger partial charge >= 0.3 is 0 Å². The molecule has 0 amide bonds. The Bertz CT molecular complexity index is 841. The van der Waals surface area contributed by atoms with Crippen LogP contribution < -0.4 is 0 Å². The largest absolute Gasteiger partial charge is 0.344 e. The maximum absolute atomic E-state index is 5.18. The number of hydrogen-bond donors (Lipinski definition) is 0. The first-order valence-electron chi connectivity index (χ1n) is 10.9.